The second-order valence-corrected chi connectivity index (χ2v) is 8.18. The maximum absolute atomic E-state index is 12.2. The van der Waals surface area contributed by atoms with Crippen LogP contribution in [0.15, 0.2) is 41.4 Å². The number of fused-ring (bicyclic) bond motifs is 1. The van der Waals surface area contributed by atoms with E-state index in [0.717, 1.165) is 27.5 Å². The first-order valence-electron chi connectivity index (χ1n) is 8.36. The summed E-state index contributed by atoms with van der Waals surface area (Å²) in [5.74, 6) is 0.785. The molecule has 25 heavy (non-hydrogen) atoms. The average Bonchev–Trinajstić information content (AvgIpc) is 3.04. The Kier molecular flexibility index (Phi) is 5.71. The fourth-order valence-corrected chi connectivity index (χ4v) is 4.58. The first-order valence-corrected chi connectivity index (χ1v) is 10.1. The molecular formula is C19H21N3OS2. The molecule has 0 spiro atoms. The highest BCUT2D eigenvalue weighted by Crippen LogP contribution is 2.37. The summed E-state index contributed by atoms with van der Waals surface area (Å²) >= 11 is 3.16. The summed E-state index contributed by atoms with van der Waals surface area (Å²) in [7, 11) is 0. The van der Waals surface area contributed by atoms with E-state index in [9.17, 15) is 4.79 Å². The molecule has 0 aliphatic carbocycles. The van der Waals surface area contributed by atoms with Crippen molar-refractivity contribution in [1.29, 1.82) is 0 Å². The van der Waals surface area contributed by atoms with Crippen LogP contribution in [-0.2, 0) is 4.79 Å². The number of thioether (sulfide) groups is 1. The standard InChI is InChI=1S/C19H21N3OS2/c1-4-10-20-17(23)12(2)24-18-15-11-16(14-8-6-5-7-9-14)25-19(15)22-13(3)21-18/h5-9,11-12H,4,10H2,1-3H3,(H,20,23)/t12-/m0/s1. The van der Waals surface area contributed by atoms with Gasteiger partial charge in [0.05, 0.1) is 5.25 Å². The molecule has 130 valence electrons. The lowest BCUT2D eigenvalue weighted by atomic mass is 10.2. The molecule has 4 nitrogen and oxygen atoms in total. The van der Waals surface area contributed by atoms with E-state index in [2.05, 4.69) is 33.5 Å². The Morgan fingerprint density at radius 1 is 1.28 bits per heavy atom. The molecule has 1 atom stereocenters. The highest BCUT2D eigenvalue weighted by atomic mass is 32.2. The lowest BCUT2D eigenvalue weighted by Crippen LogP contribution is -2.31. The van der Waals surface area contributed by atoms with Crippen molar-refractivity contribution >= 4 is 39.2 Å². The molecule has 2 heterocycles. The molecule has 1 N–H and O–H groups in total. The predicted octanol–water partition coefficient (Wildman–Crippen LogP) is 4.67. The molecule has 0 radical (unpaired) electrons. The van der Waals surface area contributed by atoms with Gasteiger partial charge in [0.25, 0.3) is 0 Å². The summed E-state index contributed by atoms with van der Waals surface area (Å²) in [4.78, 5) is 23.5. The number of benzene rings is 1. The van der Waals surface area contributed by atoms with Crippen molar-refractivity contribution in [2.45, 2.75) is 37.5 Å². The van der Waals surface area contributed by atoms with Gasteiger partial charge in [0, 0.05) is 16.8 Å². The monoisotopic (exact) mass is 371 g/mol. The second-order valence-electron chi connectivity index (χ2n) is 5.82. The van der Waals surface area contributed by atoms with Crippen molar-refractivity contribution in [2.75, 3.05) is 6.54 Å². The van der Waals surface area contributed by atoms with Crippen molar-refractivity contribution in [3.05, 3.63) is 42.2 Å². The number of amides is 1. The lowest BCUT2D eigenvalue weighted by molar-refractivity contribution is -0.120. The SMILES string of the molecule is CCCNC(=O)[C@H](C)Sc1nc(C)nc2sc(-c3ccccc3)cc12. The highest BCUT2D eigenvalue weighted by Gasteiger charge is 2.18. The van der Waals surface area contributed by atoms with Crippen molar-refractivity contribution in [1.82, 2.24) is 15.3 Å². The molecule has 0 unspecified atom stereocenters. The Bertz CT molecular complexity index is 877. The molecule has 0 aliphatic heterocycles. The third-order valence-electron chi connectivity index (χ3n) is 3.73. The molecule has 1 amide bonds. The van der Waals surface area contributed by atoms with Crippen molar-refractivity contribution in [3.8, 4) is 10.4 Å². The van der Waals surface area contributed by atoms with Gasteiger partial charge in [-0.1, -0.05) is 49.0 Å². The molecular weight excluding hydrogens is 350 g/mol. The molecule has 3 aromatic rings. The van der Waals surface area contributed by atoms with Gasteiger partial charge in [0.15, 0.2) is 0 Å². The summed E-state index contributed by atoms with van der Waals surface area (Å²) in [5.41, 5.74) is 1.17. The van der Waals surface area contributed by atoms with Crippen molar-refractivity contribution in [2.24, 2.45) is 0 Å². The maximum Gasteiger partial charge on any atom is 0.233 e. The van der Waals surface area contributed by atoms with Gasteiger partial charge in [0.2, 0.25) is 5.91 Å². The van der Waals surface area contributed by atoms with Gasteiger partial charge in [-0.15, -0.1) is 11.3 Å². The minimum absolute atomic E-state index is 0.0507. The predicted molar refractivity (Wildman–Crippen MR) is 106 cm³/mol. The number of hydrogen-bond acceptors (Lipinski definition) is 5. The Labute approximate surface area is 156 Å². The largest absolute Gasteiger partial charge is 0.355 e. The summed E-state index contributed by atoms with van der Waals surface area (Å²) in [6.07, 6.45) is 0.935. The number of aryl methyl sites for hydroxylation is 1. The molecule has 0 saturated heterocycles. The normalized spacial score (nSPS) is 12.3. The van der Waals surface area contributed by atoms with E-state index < -0.39 is 0 Å². The minimum Gasteiger partial charge on any atom is -0.355 e. The van der Waals surface area contributed by atoms with E-state index >= 15 is 0 Å². The van der Waals surface area contributed by atoms with E-state index in [0.29, 0.717) is 6.54 Å². The van der Waals surface area contributed by atoms with Gasteiger partial charge in [-0.05, 0) is 31.9 Å². The first-order chi connectivity index (χ1) is 12.1. The topological polar surface area (TPSA) is 54.9 Å². The molecule has 0 bridgehead atoms. The number of carbonyl (C=O) groups excluding carboxylic acids is 1. The van der Waals surface area contributed by atoms with E-state index in [1.165, 1.54) is 22.2 Å². The van der Waals surface area contributed by atoms with Gasteiger partial charge in [-0.25, -0.2) is 9.97 Å². The number of nitrogens with zero attached hydrogens (tertiary/aromatic N) is 2. The Morgan fingerprint density at radius 3 is 2.76 bits per heavy atom. The highest BCUT2D eigenvalue weighted by molar-refractivity contribution is 8.00. The fraction of sp³-hybridized carbons (Fsp3) is 0.316. The summed E-state index contributed by atoms with van der Waals surface area (Å²) in [5, 5.41) is 4.65. The van der Waals surface area contributed by atoms with Crippen LogP contribution in [0, 0.1) is 6.92 Å². The molecule has 6 heteroatoms. The van der Waals surface area contributed by atoms with Gasteiger partial charge in [-0.2, -0.15) is 0 Å². The summed E-state index contributed by atoms with van der Waals surface area (Å²) in [6.45, 7) is 6.57. The first kappa shape index (κ1) is 17.9. The van der Waals surface area contributed by atoms with E-state index in [1.807, 2.05) is 39.0 Å². The zero-order chi connectivity index (χ0) is 17.8. The van der Waals surface area contributed by atoms with Gasteiger partial charge < -0.3 is 5.32 Å². The van der Waals surface area contributed by atoms with Crippen LogP contribution < -0.4 is 5.32 Å². The van der Waals surface area contributed by atoms with Crippen molar-refractivity contribution < 1.29 is 4.79 Å². The van der Waals surface area contributed by atoms with Crippen LogP contribution in [0.3, 0.4) is 0 Å². The second kappa shape index (κ2) is 7.97. The molecule has 0 fully saturated rings. The van der Waals surface area contributed by atoms with Crippen molar-refractivity contribution in [3.63, 3.8) is 0 Å². The number of aromatic nitrogens is 2. The average molecular weight is 372 g/mol. The smallest absolute Gasteiger partial charge is 0.233 e. The van der Waals surface area contributed by atoms with E-state index in [4.69, 9.17) is 0 Å². The van der Waals surface area contributed by atoms with Crippen LogP contribution in [-0.4, -0.2) is 27.7 Å². The molecule has 0 aliphatic rings. The number of rotatable bonds is 6. The Balaban J connectivity index is 1.92. The fourth-order valence-electron chi connectivity index (χ4n) is 2.44. The number of hydrogen-bond donors (Lipinski definition) is 1. The van der Waals surface area contributed by atoms with Crippen LogP contribution in [0.25, 0.3) is 20.7 Å². The lowest BCUT2D eigenvalue weighted by Gasteiger charge is -2.11. The minimum atomic E-state index is -0.191. The van der Waals surface area contributed by atoms with E-state index in [1.54, 1.807) is 11.3 Å². The van der Waals surface area contributed by atoms with Crippen LogP contribution in [0.2, 0.25) is 0 Å². The quantitative estimate of drug-likeness (QED) is 0.505. The number of carbonyl (C=O) groups is 1. The molecule has 1 aromatic carbocycles. The molecule has 2 aromatic heterocycles. The van der Waals surface area contributed by atoms with Crippen LogP contribution in [0.4, 0.5) is 0 Å². The number of nitrogens with one attached hydrogen (secondary N) is 1. The van der Waals surface area contributed by atoms with Crippen LogP contribution in [0.5, 0.6) is 0 Å². The third-order valence-corrected chi connectivity index (χ3v) is 5.91. The van der Waals surface area contributed by atoms with Crippen LogP contribution in [0.1, 0.15) is 26.1 Å². The van der Waals surface area contributed by atoms with E-state index in [-0.39, 0.29) is 11.2 Å². The van der Waals surface area contributed by atoms with Gasteiger partial charge >= 0.3 is 0 Å². The summed E-state index contributed by atoms with van der Waals surface area (Å²) < 4.78 is 0. The van der Waals surface area contributed by atoms with Crippen LogP contribution >= 0.6 is 23.1 Å². The zero-order valence-electron chi connectivity index (χ0n) is 14.6. The Morgan fingerprint density at radius 2 is 2.04 bits per heavy atom. The summed E-state index contributed by atoms with van der Waals surface area (Å²) in [6, 6.07) is 12.4. The molecule has 3 rings (SSSR count). The van der Waals surface area contributed by atoms with Gasteiger partial charge in [-0.3, -0.25) is 4.79 Å². The maximum atomic E-state index is 12.2. The number of thiophene rings is 1. The van der Waals surface area contributed by atoms with Gasteiger partial charge in [0.1, 0.15) is 15.7 Å². The Hall–Kier alpha value is -1.92. The zero-order valence-corrected chi connectivity index (χ0v) is 16.2. The third kappa shape index (κ3) is 4.19. The molecule has 0 saturated carbocycles.